The molecule has 0 aliphatic heterocycles. The van der Waals surface area contributed by atoms with Crippen LogP contribution in [-0.2, 0) is 0 Å². The van der Waals surface area contributed by atoms with Crippen molar-refractivity contribution in [2.45, 2.75) is 6.92 Å². The van der Waals surface area contributed by atoms with Crippen molar-refractivity contribution in [1.29, 1.82) is 0 Å². The molecule has 0 saturated heterocycles. The Morgan fingerprint density at radius 2 is 1.70 bits per heavy atom. The van der Waals surface area contributed by atoms with Gasteiger partial charge in [0.25, 0.3) is 0 Å². The number of hydrogen-bond acceptors (Lipinski definition) is 6. The van der Waals surface area contributed by atoms with Crippen molar-refractivity contribution in [3.05, 3.63) is 42.2 Å². The van der Waals surface area contributed by atoms with Crippen LogP contribution >= 0.6 is 0 Å². The van der Waals surface area contributed by atoms with Crippen LogP contribution in [0.1, 0.15) is 5.56 Å². The number of aromatic hydroxyl groups is 1. The highest BCUT2D eigenvalue weighted by atomic mass is 16.5. The second-order valence-corrected chi connectivity index (χ2v) is 4.95. The first-order chi connectivity index (χ1) is 11.1. The van der Waals surface area contributed by atoms with Gasteiger partial charge < -0.3 is 19.3 Å². The Morgan fingerprint density at radius 3 is 2.39 bits per heavy atom. The fraction of sp³-hybridized carbons (Fsp3) is 0.176. The van der Waals surface area contributed by atoms with Crippen molar-refractivity contribution in [2.24, 2.45) is 0 Å². The first-order valence-corrected chi connectivity index (χ1v) is 6.96. The molecule has 2 aromatic carbocycles. The Bertz CT molecular complexity index is 865. The topological polar surface area (TPSA) is 73.7 Å². The summed E-state index contributed by atoms with van der Waals surface area (Å²) in [5.41, 5.74) is 1.44. The zero-order valence-electron chi connectivity index (χ0n) is 13.0. The van der Waals surface area contributed by atoms with E-state index >= 15 is 0 Å². The van der Waals surface area contributed by atoms with Crippen LogP contribution in [0.2, 0.25) is 0 Å². The van der Waals surface area contributed by atoms with Gasteiger partial charge in [0.2, 0.25) is 5.88 Å². The highest BCUT2D eigenvalue weighted by Crippen LogP contribution is 2.36. The van der Waals surface area contributed by atoms with Crippen LogP contribution in [0.3, 0.4) is 0 Å². The van der Waals surface area contributed by atoms with Crippen LogP contribution in [0.5, 0.6) is 28.9 Å². The molecule has 1 N–H and O–H groups in total. The first kappa shape index (κ1) is 14.9. The molecule has 23 heavy (non-hydrogen) atoms. The van der Waals surface area contributed by atoms with E-state index in [9.17, 15) is 5.11 Å². The summed E-state index contributed by atoms with van der Waals surface area (Å²) in [6.07, 6.45) is 1.41. The molecule has 0 fully saturated rings. The molecule has 1 aromatic heterocycles. The van der Waals surface area contributed by atoms with Gasteiger partial charge in [-0.1, -0.05) is 6.07 Å². The van der Waals surface area contributed by atoms with Gasteiger partial charge in [-0.05, 0) is 24.6 Å². The summed E-state index contributed by atoms with van der Waals surface area (Å²) in [5.74, 6) is 2.17. The van der Waals surface area contributed by atoms with Gasteiger partial charge in [-0.2, -0.15) is 0 Å². The summed E-state index contributed by atoms with van der Waals surface area (Å²) in [7, 11) is 3.13. The van der Waals surface area contributed by atoms with Gasteiger partial charge in [-0.15, -0.1) is 0 Å². The molecule has 0 bridgehead atoms. The minimum atomic E-state index is 0.167. The second-order valence-electron chi connectivity index (χ2n) is 4.95. The van der Waals surface area contributed by atoms with E-state index in [1.165, 1.54) is 6.33 Å². The molecule has 0 amide bonds. The number of rotatable bonds is 4. The molecular formula is C17H16N2O4. The molecule has 0 spiro atoms. The van der Waals surface area contributed by atoms with Crippen molar-refractivity contribution < 1.29 is 19.3 Å². The van der Waals surface area contributed by atoms with Gasteiger partial charge in [0.1, 0.15) is 17.8 Å². The molecule has 6 nitrogen and oxygen atoms in total. The highest BCUT2D eigenvalue weighted by Gasteiger charge is 2.12. The highest BCUT2D eigenvalue weighted by molar-refractivity contribution is 5.87. The molecule has 3 aromatic rings. The number of nitrogens with zero attached hydrogens (tertiary/aromatic N) is 2. The summed E-state index contributed by atoms with van der Waals surface area (Å²) >= 11 is 0. The number of methoxy groups -OCH3 is 2. The van der Waals surface area contributed by atoms with E-state index in [4.69, 9.17) is 14.2 Å². The maximum atomic E-state index is 9.79. The predicted molar refractivity (Wildman–Crippen MR) is 85.6 cm³/mol. The van der Waals surface area contributed by atoms with Crippen LogP contribution in [0.25, 0.3) is 10.9 Å². The molecule has 0 radical (unpaired) electrons. The van der Waals surface area contributed by atoms with Crippen molar-refractivity contribution in [3.63, 3.8) is 0 Å². The Hall–Kier alpha value is -3.02. The number of aromatic nitrogens is 2. The quantitative estimate of drug-likeness (QED) is 0.795. The third kappa shape index (κ3) is 2.83. The van der Waals surface area contributed by atoms with E-state index in [-0.39, 0.29) is 5.75 Å². The normalized spacial score (nSPS) is 10.6. The third-order valence-electron chi connectivity index (χ3n) is 3.50. The summed E-state index contributed by atoms with van der Waals surface area (Å²) in [6, 6.07) is 8.61. The number of hydrogen-bond donors (Lipinski definition) is 1. The molecule has 0 saturated carbocycles. The molecule has 0 aliphatic rings. The first-order valence-electron chi connectivity index (χ1n) is 6.96. The van der Waals surface area contributed by atoms with Gasteiger partial charge in [0.05, 0.1) is 25.1 Å². The lowest BCUT2D eigenvalue weighted by atomic mass is 10.2. The number of phenols is 1. The number of ether oxygens (including phenoxy) is 3. The molecule has 1 heterocycles. The minimum absolute atomic E-state index is 0.167. The molecule has 0 atom stereocenters. The van der Waals surface area contributed by atoms with Gasteiger partial charge in [0, 0.05) is 12.1 Å². The maximum Gasteiger partial charge on any atom is 0.230 e. The van der Waals surface area contributed by atoms with E-state index < -0.39 is 0 Å². The molecule has 0 unspecified atom stereocenters. The van der Waals surface area contributed by atoms with Crippen LogP contribution in [-0.4, -0.2) is 29.3 Å². The fourth-order valence-electron chi connectivity index (χ4n) is 2.21. The lowest BCUT2D eigenvalue weighted by Gasteiger charge is -2.11. The summed E-state index contributed by atoms with van der Waals surface area (Å²) < 4.78 is 16.4. The predicted octanol–water partition coefficient (Wildman–Crippen LogP) is 3.45. The van der Waals surface area contributed by atoms with Gasteiger partial charge >= 0.3 is 0 Å². The van der Waals surface area contributed by atoms with Gasteiger partial charge in [0.15, 0.2) is 11.5 Å². The lowest BCUT2D eigenvalue weighted by Crippen LogP contribution is -1.95. The number of phenolic OH excluding ortho intramolecular Hbond substituents is 1. The number of fused-ring (bicyclic) bond motifs is 1. The standard InChI is InChI=1S/C17H16N2O4/c1-10-4-5-11(6-14(10)20)23-17-12-7-15(21-2)16(22-3)8-13(12)18-9-19-17/h4-9,20H,1-3H3. The van der Waals surface area contributed by atoms with E-state index in [1.54, 1.807) is 44.6 Å². The zero-order valence-corrected chi connectivity index (χ0v) is 13.0. The monoisotopic (exact) mass is 312 g/mol. The second kappa shape index (κ2) is 6.00. The Labute approximate surface area is 133 Å². The van der Waals surface area contributed by atoms with Crippen molar-refractivity contribution in [1.82, 2.24) is 9.97 Å². The van der Waals surface area contributed by atoms with Crippen LogP contribution in [0.4, 0.5) is 0 Å². The van der Waals surface area contributed by atoms with E-state index in [2.05, 4.69) is 9.97 Å². The van der Waals surface area contributed by atoms with E-state index in [1.807, 2.05) is 6.92 Å². The smallest absolute Gasteiger partial charge is 0.230 e. The van der Waals surface area contributed by atoms with E-state index in [0.717, 1.165) is 5.56 Å². The Kier molecular flexibility index (Phi) is 3.89. The molecule has 0 aliphatic carbocycles. The molecule has 6 heteroatoms. The van der Waals surface area contributed by atoms with Gasteiger partial charge in [-0.3, -0.25) is 0 Å². The fourth-order valence-corrected chi connectivity index (χ4v) is 2.21. The number of aryl methyl sites for hydroxylation is 1. The van der Waals surface area contributed by atoms with Crippen molar-refractivity contribution in [2.75, 3.05) is 14.2 Å². The Morgan fingerprint density at radius 1 is 0.957 bits per heavy atom. The van der Waals surface area contributed by atoms with Crippen LogP contribution < -0.4 is 14.2 Å². The van der Waals surface area contributed by atoms with E-state index in [0.29, 0.717) is 34.0 Å². The lowest BCUT2D eigenvalue weighted by molar-refractivity contribution is 0.355. The summed E-state index contributed by atoms with van der Waals surface area (Å²) in [6.45, 7) is 1.82. The average molecular weight is 312 g/mol. The number of benzene rings is 2. The molecule has 3 rings (SSSR count). The summed E-state index contributed by atoms with van der Waals surface area (Å²) in [5, 5.41) is 10.5. The Balaban J connectivity index is 2.08. The maximum absolute atomic E-state index is 9.79. The largest absolute Gasteiger partial charge is 0.508 e. The summed E-state index contributed by atoms with van der Waals surface area (Å²) in [4.78, 5) is 8.40. The van der Waals surface area contributed by atoms with Crippen molar-refractivity contribution >= 4 is 10.9 Å². The van der Waals surface area contributed by atoms with Crippen LogP contribution in [0, 0.1) is 6.92 Å². The molecular weight excluding hydrogens is 296 g/mol. The zero-order chi connectivity index (χ0) is 16.4. The SMILES string of the molecule is COc1cc2ncnc(Oc3ccc(C)c(O)c3)c2cc1OC. The van der Waals surface area contributed by atoms with Crippen molar-refractivity contribution in [3.8, 4) is 28.9 Å². The molecule has 118 valence electrons. The van der Waals surface area contributed by atoms with Gasteiger partial charge in [-0.25, -0.2) is 9.97 Å². The van der Waals surface area contributed by atoms with Crippen LogP contribution in [0.15, 0.2) is 36.7 Å². The minimum Gasteiger partial charge on any atom is -0.508 e. The third-order valence-corrected chi connectivity index (χ3v) is 3.50. The average Bonchev–Trinajstić information content (AvgIpc) is 2.57.